The fourth-order valence-corrected chi connectivity index (χ4v) is 4.51. The molecule has 3 rings (SSSR count). The van der Waals surface area contributed by atoms with Gasteiger partial charge in [0.05, 0.1) is 18.4 Å². The number of anilines is 2. The van der Waals surface area contributed by atoms with Crippen LogP contribution in [0.5, 0.6) is 5.75 Å². The van der Waals surface area contributed by atoms with E-state index < -0.39 is 15.9 Å². The summed E-state index contributed by atoms with van der Waals surface area (Å²) in [6.45, 7) is 3.65. The van der Waals surface area contributed by atoms with Gasteiger partial charge in [-0.15, -0.1) is 0 Å². The lowest BCUT2D eigenvalue weighted by Crippen LogP contribution is -2.23. The Bertz CT molecular complexity index is 1300. The highest BCUT2D eigenvalue weighted by Crippen LogP contribution is 2.28. The summed E-state index contributed by atoms with van der Waals surface area (Å²) in [7, 11) is -1.20. The molecule has 0 radical (unpaired) electrons. The molecule has 3 N–H and O–H groups in total. The minimum Gasteiger partial charge on any atom is -0.495 e. The molecule has 0 atom stereocenters. The number of hydrogen-bond donors (Lipinski definition) is 3. The van der Waals surface area contributed by atoms with Gasteiger partial charge in [-0.25, -0.2) is 8.42 Å². The summed E-state index contributed by atoms with van der Waals surface area (Å²) in [5.41, 5.74) is 2.79. The molecular formula is C24H25N3O5S. The van der Waals surface area contributed by atoms with Gasteiger partial charge in [0.25, 0.3) is 21.8 Å². The van der Waals surface area contributed by atoms with Crippen molar-refractivity contribution in [1.82, 2.24) is 5.32 Å². The number of methoxy groups -OCH3 is 1. The first-order valence-corrected chi connectivity index (χ1v) is 11.5. The van der Waals surface area contributed by atoms with Crippen molar-refractivity contribution in [2.45, 2.75) is 18.7 Å². The molecule has 3 aromatic rings. The van der Waals surface area contributed by atoms with Crippen molar-refractivity contribution in [2.24, 2.45) is 0 Å². The van der Waals surface area contributed by atoms with Crippen LogP contribution < -0.4 is 20.1 Å². The summed E-state index contributed by atoms with van der Waals surface area (Å²) in [6, 6.07) is 16.0. The zero-order valence-corrected chi connectivity index (χ0v) is 19.5. The minimum atomic E-state index is -4.05. The molecule has 0 heterocycles. The summed E-state index contributed by atoms with van der Waals surface area (Å²) < 4.78 is 33.8. The average Bonchev–Trinajstić information content (AvgIpc) is 2.79. The lowest BCUT2D eigenvalue weighted by molar-refractivity contribution is 0.0963. The monoisotopic (exact) mass is 467 g/mol. The van der Waals surface area contributed by atoms with Crippen LogP contribution >= 0.6 is 0 Å². The molecule has 0 saturated heterocycles. The van der Waals surface area contributed by atoms with Gasteiger partial charge in [-0.1, -0.05) is 29.8 Å². The summed E-state index contributed by atoms with van der Waals surface area (Å²) in [4.78, 5) is 25.0. The smallest absolute Gasteiger partial charge is 0.265 e. The number of sulfonamides is 1. The number of benzene rings is 3. The molecule has 8 nitrogen and oxygen atoms in total. The van der Waals surface area contributed by atoms with Gasteiger partial charge < -0.3 is 15.4 Å². The molecule has 0 unspecified atom stereocenters. The van der Waals surface area contributed by atoms with Crippen LogP contribution in [0.3, 0.4) is 0 Å². The Morgan fingerprint density at radius 3 is 2.24 bits per heavy atom. The van der Waals surface area contributed by atoms with Crippen molar-refractivity contribution in [2.75, 3.05) is 24.2 Å². The van der Waals surface area contributed by atoms with Crippen molar-refractivity contribution in [3.63, 3.8) is 0 Å². The van der Waals surface area contributed by atoms with Gasteiger partial charge >= 0.3 is 0 Å². The van der Waals surface area contributed by atoms with Gasteiger partial charge in [0, 0.05) is 18.3 Å². The Balaban J connectivity index is 1.95. The van der Waals surface area contributed by atoms with Crippen molar-refractivity contribution < 1.29 is 22.7 Å². The van der Waals surface area contributed by atoms with E-state index in [1.54, 1.807) is 49.4 Å². The van der Waals surface area contributed by atoms with E-state index in [1.807, 2.05) is 6.92 Å². The van der Waals surface area contributed by atoms with E-state index in [-0.39, 0.29) is 22.1 Å². The van der Waals surface area contributed by atoms with Gasteiger partial charge in [0.15, 0.2) is 0 Å². The van der Waals surface area contributed by atoms with Gasteiger partial charge in [0.1, 0.15) is 10.6 Å². The number of hydrogen-bond acceptors (Lipinski definition) is 5. The highest BCUT2D eigenvalue weighted by Gasteiger charge is 2.23. The quantitative estimate of drug-likeness (QED) is 0.490. The Kier molecular flexibility index (Phi) is 7.03. The number of nitrogens with one attached hydrogen (secondary N) is 3. The molecule has 0 fully saturated rings. The van der Waals surface area contributed by atoms with E-state index in [1.165, 1.54) is 32.4 Å². The maximum atomic E-state index is 13.1. The van der Waals surface area contributed by atoms with E-state index >= 15 is 0 Å². The Morgan fingerprint density at radius 1 is 0.909 bits per heavy atom. The predicted molar refractivity (Wildman–Crippen MR) is 128 cm³/mol. The number of aryl methyl sites for hydroxylation is 2. The minimum absolute atomic E-state index is 0.0874. The number of rotatable bonds is 7. The number of amides is 2. The SMILES string of the molecule is CNC(=O)c1c(C)cccc1NC(=O)c1ccc(OC)c(S(=O)(=O)Nc2ccc(C)cc2)c1. The summed E-state index contributed by atoms with van der Waals surface area (Å²) in [5.74, 6) is -0.823. The number of carbonyl (C=O) groups is 2. The van der Waals surface area contributed by atoms with Gasteiger partial charge in [-0.2, -0.15) is 0 Å². The Labute approximate surface area is 193 Å². The van der Waals surface area contributed by atoms with Crippen LogP contribution in [0.4, 0.5) is 11.4 Å². The van der Waals surface area contributed by atoms with Crippen LogP contribution in [0.25, 0.3) is 0 Å². The topological polar surface area (TPSA) is 114 Å². The molecule has 0 aliphatic rings. The summed E-state index contributed by atoms with van der Waals surface area (Å²) >= 11 is 0. The first-order chi connectivity index (χ1) is 15.7. The molecule has 2 amide bonds. The Morgan fingerprint density at radius 2 is 1.61 bits per heavy atom. The maximum absolute atomic E-state index is 13.1. The molecule has 0 bridgehead atoms. The second kappa shape index (κ2) is 9.74. The molecule has 33 heavy (non-hydrogen) atoms. The van der Waals surface area contributed by atoms with Crippen molar-refractivity contribution in [3.05, 3.63) is 82.9 Å². The lowest BCUT2D eigenvalue weighted by Gasteiger charge is -2.15. The number of ether oxygens (including phenoxy) is 1. The van der Waals surface area contributed by atoms with Crippen LogP contribution in [0.2, 0.25) is 0 Å². The molecule has 0 saturated carbocycles. The van der Waals surface area contributed by atoms with Crippen LogP contribution in [0.1, 0.15) is 31.8 Å². The van der Waals surface area contributed by atoms with Crippen LogP contribution in [0.15, 0.2) is 65.6 Å². The summed E-state index contributed by atoms with van der Waals surface area (Å²) in [5, 5.41) is 5.25. The molecule has 172 valence electrons. The highest BCUT2D eigenvalue weighted by atomic mass is 32.2. The predicted octanol–water partition coefficient (Wildman–Crippen LogP) is 3.72. The van der Waals surface area contributed by atoms with Crippen molar-refractivity contribution >= 4 is 33.2 Å². The summed E-state index contributed by atoms with van der Waals surface area (Å²) in [6.07, 6.45) is 0. The third kappa shape index (κ3) is 5.32. The third-order valence-electron chi connectivity index (χ3n) is 4.99. The zero-order chi connectivity index (χ0) is 24.2. The third-order valence-corrected chi connectivity index (χ3v) is 6.40. The van der Waals surface area contributed by atoms with Crippen LogP contribution in [-0.2, 0) is 10.0 Å². The first-order valence-electron chi connectivity index (χ1n) is 10.1. The zero-order valence-electron chi connectivity index (χ0n) is 18.7. The van der Waals surface area contributed by atoms with E-state index in [9.17, 15) is 18.0 Å². The molecule has 0 aliphatic heterocycles. The fourth-order valence-electron chi connectivity index (χ4n) is 3.25. The van der Waals surface area contributed by atoms with Gasteiger partial charge in [-0.05, 0) is 55.8 Å². The molecule has 0 aromatic heterocycles. The molecule has 9 heteroatoms. The maximum Gasteiger partial charge on any atom is 0.265 e. The van der Waals surface area contributed by atoms with Crippen LogP contribution in [0, 0.1) is 13.8 Å². The van der Waals surface area contributed by atoms with Crippen molar-refractivity contribution in [1.29, 1.82) is 0 Å². The first kappa shape index (κ1) is 23.8. The average molecular weight is 468 g/mol. The largest absolute Gasteiger partial charge is 0.495 e. The molecule has 3 aromatic carbocycles. The lowest BCUT2D eigenvalue weighted by atomic mass is 10.1. The van der Waals surface area contributed by atoms with Crippen molar-refractivity contribution in [3.8, 4) is 5.75 Å². The molecule has 0 spiro atoms. The normalized spacial score (nSPS) is 10.9. The standard InChI is InChI=1S/C24H25N3O5S/c1-15-8-11-18(12-9-15)27-33(30,31)21-14-17(10-13-20(21)32-4)23(28)26-19-7-5-6-16(2)22(19)24(29)25-3/h5-14,27H,1-4H3,(H,25,29)(H,26,28). The van der Waals surface area contributed by atoms with E-state index in [4.69, 9.17) is 4.74 Å². The fraction of sp³-hybridized carbons (Fsp3) is 0.167. The highest BCUT2D eigenvalue weighted by molar-refractivity contribution is 7.92. The van der Waals surface area contributed by atoms with Crippen LogP contribution in [-0.4, -0.2) is 34.4 Å². The van der Waals surface area contributed by atoms with E-state index in [2.05, 4.69) is 15.4 Å². The molecule has 0 aliphatic carbocycles. The second-order valence-electron chi connectivity index (χ2n) is 7.37. The Hall–Kier alpha value is -3.85. The van der Waals surface area contributed by atoms with Gasteiger partial charge in [0.2, 0.25) is 0 Å². The number of carbonyl (C=O) groups excluding carboxylic acids is 2. The molecular weight excluding hydrogens is 442 g/mol. The van der Waals surface area contributed by atoms with E-state index in [0.29, 0.717) is 22.5 Å². The second-order valence-corrected chi connectivity index (χ2v) is 9.02. The van der Waals surface area contributed by atoms with E-state index in [0.717, 1.165) is 5.56 Å². The van der Waals surface area contributed by atoms with Gasteiger partial charge in [-0.3, -0.25) is 14.3 Å².